The molecule has 0 bridgehead atoms. The lowest BCUT2D eigenvalue weighted by atomic mass is 10.1. The second-order valence-electron chi connectivity index (χ2n) is 7.95. The van der Waals surface area contributed by atoms with Crippen LogP contribution in [0.5, 0.6) is 5.75 Å². The minimum atomic E-state index is -0.484. The van der Waals surface area contributed by atoms with E-state index in [1.54, 1.807) is 36.4 Å². The Morgan fingerprint density at radius 1 is 1.03 bits per heavy atom. The number of nitriles is 2. The van der Waals surface area contributed by atoms with E-state index in [1.165, 1.54) is 0 Å². The number of anilines is 1. The van der Waals surface area contributed by atoms with Crippen LogP contribution in [-0.4, -0.2) is 17.1 Å². The van der Waals surface area contributed by atoms with E-state index >= 15 is 0 Å². The zero-order chi connectivity index (χ0) is 24.8. The van der Waals surface area contributed by atoms with E-state index in [1.807, 2.05) is 62.4 Å². The van der Waals surface area contributed by atoms with Crippen molar-refractivity contribution in [3.63, 3.8) is 0 Å². The van der Waals surface area contributed by atoms with E-state index in [0.29, 0.717) is 30.2 Å². The number of nitrogens with one attached hydrogen (secondary N) is 1. The first-order valence-electron chi connectivity index (χ1n) is 11.3. The van der Waals surface area contributed by atoms with Crippen molar-refractivity contribution in [3.05, 3.63) is 101 Å². The topological polar surface area (TPSA) is 90.8 Å². The molecule has 4 rings (SSSR count). The normalized spacial score (nSPS) is 11.0. The maximum atomic E-state index is 12.9. The summed E-state index contributed by atoms with van der Waals surface area (Å²) < 4.78 is 7.54. The standard InChI is InChI=1S/C29H24N4O2/c1-3-35-25-14-12-24(13-15-25)32-29(34)23(18-31)16-27-20(2)33(28-11-7-6-10-26(27)28)19-22-9-5-4-8-21(22)17-30/h4-16H,3,19H2,1-2H3,(H,32,34). The van der Waals surface area contributed by atoms with Gasteiger partial charge in [0.2, 0.25) is 0 Å². The van der Waals surface area contributed by atoms with Gasteiger partial charge in [0.1, 0.15) is 17.4 Å². The van der Waals surface area contributed by atoms with Crippen LogP contribution in [0.4, 0.5) is 5.69 Å². The number of rotatable bonds is 7. The van der Waals surface area contributed by atoms with Gasteiger partial charge in [0.15, 0.2) is 0 Å². The minimum Gasteiger partial charge on any atom is -0.494 e. The molecule has 0 spiro atoms. The van der Waals surface area contributed by atoms with E-state index in [-0.39, 0.29) is 5.57 Å². The first-order chi connectivity index (χ1) is 17.0. The van der Waals surface area contributed by atoms with Gasteiger partial charge in [-0.25, -0.2) is 0 Å². The molecule has 0 saturated heterocycles. The number of benzene rings is 3. The summed E-state index contributed by atoms with van der Waals surface area (Å²) in [6, 6.07) is 26.7. The Labute approximate surface area is 204 Å². The molecule has 0 fully saturated rings. The highest BCUT2D eigenvalue weighted by atomic mass is 16.5. The average Bonchev–Trinajstić information content (AvgIpc) is 3.14. The first kappa shape index (κ1) is 23.4. The van der Waals surface area contributed by atoms with Gasteiger partial charge in [0.25, 0.3) is 5.91 Å². The van der Waals surface area contributed by atoms with Crippen LogP contribution in [0.3, 0.4) is 0 Å². The zero-order valence-corrected chi connectivity index (χ0v) is 19.6. The molecule has 1 heterocycles. The predicted octanol–water partition coefficient (Wildman–Crippen LogP) is 5.81. The molecule has 0 aliphatic rings. The molecule has 0 unspecified atom stereocenters. The second kappa shape index (κ2) is 10.4. The predicted molar refractivity (Wildman–Crippen MR) is 137 cm³/mol. The van der Waals surface area contributed by atoms with Crippen molar-refractivity contribution in [3.8, 4) is 17.9 Å². The molecule has 0 saturated carbocycles. The highest BCUT2D eigenvalue weighted by molar-refractivity contribution is 6.11. The van der Waals surface area contributed by atoms with E-state index in [2.05, 4.69) is 16.0 Å². The van der Waals surface area contributed by atoms with Gasteiger partial charge in [-0.1, -0.05) is 36.4 Å². The highest BCUT2D eigenvalue weighted by Gasteiger charge is 2.17. The summed E-state index contributed by atoms with van der Waals surface area (Å²) in [5.74, 6) is 0.227. The lowest BCUT2D eigenvalue weighted by Crippen LogP contribution is -2.13. The monoisotopic (exact) mass is 460 g/mol. The summed E-state index contributed by atoms with van der Waals surface area (Å²) in [6.45, 7) is 4.92. The Morgan fingerprint density at radius 2 is 1.74 bits per heavy atom. The van der Waals surface area contributed by atoms with E-state index < -0.39 is 5.91 Å². The fourth-order valence-corrected chi connectivity index (χ4v) is 4.07. The minimum absolute atomic E-state index is 0.00214. The number of ether oxygens (including phenoxy) is 1. The molecule has 0 aliphatic heterocycles. The summed E-state index contributed by atoms with van der Waals surface area (Å²) >= 11 is 0. The zero-order valence-electron chi connectivity index (χ0n) is 19.6. The molecule has 6 nitrogen and oxygen atoms in total. The lowest BCUT2D eigenvalue weighted by molar-refractivity contribution is -0.112. The molecule has 172 valence electrons. The van der Waals surface area contributed by atoms with Crippen molar-refractivity contribution < 1.29 is 9.53 Å². The van der Waals surface area contributed by atoms with Crippen molar-refractivity contribution in [1.82, 2.24) is 4.57 Å². The molecular formula is C29H24N4O2. The molecule has 6 heteroatoms. The largest absolute Gasteiger partial charge is 0.494 e. The van der Waals surface area contributed by atoms with E-state index in [4.69, 9.17) is 4.74 Å². The Kier molecular flexibility index (Phi) is 6.95. The summed E-state index contributed by atoms with van der Waals surface area (Å²) in [6.07, 6.45) is 1.63. The number of carbonyl (C=O) groups excluding carboxylic acids is 1. The number of fused-ring (bicyclic) bond motifs is 1. The molecule has 1 aromatic heterocycles. The number of amides is 1. The van der Waals surface area contributed by atoms with Gasteiger partial charge < -0.3 is 14.6 Å². The first-order valence-corrected chi connectivity index (χ1v) is 11.3. The van der Waals surface area contributed by atoms with Crippen LogP contribution in [0.1, 0.15) is 29.3 Å². The summed E-state index contributed by atoms with van der Waals surface area (Å²) in [5, 5.41) is 23.0. The third kappa shape index (κ3) is 4.93. The third-order valence-electron chi connectivity index (χ3n) is 5.82. The van der Waals surface area contributed by atoms with Crippen LogP contribution in [-0.2, 0) is 11.3 Å². The van der Waals surface area contributed by atoms with Crippen LogP contribution >= 0.6 is 0 Å². The molecule has 4 aromatic rings. The van der Waals surface area contributed by atoms with Crippen LogP contribution in [0.2, 0.25) is 0 Å². The Morgan fingerprint density at radius 3 is 2.46 bits per heavy atom. The number of carbonyl (C=O) groups is 1. The van der Waals surface area contributed by atoms with Crippen LogP contribution in [0.25, 0.3) is 17.0 Å². The van der Waals surface area contributed by atoms with E-state index in [0.717, 1.165) is 27.7 Å². The van der Waals surface area contributed by atoms with Crippen LogP contribution in [0, 0.1) is 29.6 Å². The van der Waals surface area contributed by atoms with Crippen LogP contribution in [0.15, 0.2) is 78.4 Å². The SMILES string of the molecule is CCOc1ccc(NC(=O)C(C#N)=Cc2c(C)n(Cc3ccccc3C#N)c3ccccc23)cc1. The highest BCUT2D eigenvalue weighted by Crippen LogP contribution is 2.29. The van der Waals surface area contributed by atoms with Gasteiger partial charge in [0, 0.05) is 34.4 Å². The van der Waals surface area contributed by atoms with Crippen molar-refractivity contribution in [2.75, 3.05) is 11.9 Å². The molecule has 0 atom stereocenters. The van der Waals surface area contributed by atoms with Crippen molar-refractivity contribution in [1.29, 1.82) is 10.5 Å². The van der Waals surface area contributed by atoms with Gasteiger partial charge >= 0.3 is 0 Å². The molecular weight excluding hydrogens is 436 g/mol. The molecule has 0 radical (unpaired) electrons. The number of hydrogen-bond donors (Lipinski definition) is 1. The Balaban J connectivity index is 1.70. The van der Waals surface area contributed by atoms with E-state index in [9.17, 15) is 15.3 Å². The Hall–Kier alpha value is -4.81. The van der Waals surface area contributed by atoms with Gasteiger partial charge in [-0.2, -0.15) is 10.5 Å². The number of hydrogen-bond acceptors (Lipinski definition) is 4. The molecule has 35 heavy (non-hydrogen) atoms. The summed E-state index contributed by atoms with van der Waals surface area (Å²) in [7, 11) is 0. The second-order valence-corrected chi connectivity index (χ2v) is 7.95. The summed E-state index contributed by atoms with van der Waals surface area (Å²) in [5.41, 5.74) is 4.77. The average molecular weight is 461 g/mol. The fraction of sp³-hybridized carbons (Fsp3) is 0.138. The van der Waals surface area contributed by atoms with Crippen molar-refractivity contribution in [2.24, 2.45) is 0 Å². The number of aromatic nitrogens is 1. The maximum absolute atomic E-state index is 12.9. The van der Waals surface area contributed by atoms with Gasteiger partial charge in [-0.15, -0.1) is 0 Å². The molecule has 1 N–H and O–H groups in total. The molecule has 1 amide bonds. The van der Waals surface area contributed by atoms with Gasteiger partial charge in [-0.05, 0) is 61.9 Å². The quantitative estimate of drug-likeness (QED) is 0.278. The Bertz CT molecular complexity index is 1500. The van der Waals surface area contributed by atoms with Crippen molar-refractivity contribution in [2.45, 2.75) is 20.4 Å². The number of nitrogens with zero attached hydrogens (tertiary/aromatic N) is 3. The molecule has 3 aromatic carbocycles. The smallest absolute Gasteiger partial charge is 0.266 e. The van der Waals surface area contributed by atoms with Gasteiger partial charge in [-0.3, -0.25) is 4.79 Å². The van der Waals surface area contributed by atoms with Gasteiger partial charge in [0.05, 0.1) is 18.2 Å². The third-order valence-corrected chi connectivity index (χ3v) is 5.82. The summed E-state index contributed by atoms with van der Waals surface area (Å²) in [4.78, 5) is 12.9. The lowest BCUT2D eigenvalue weighted by Gasteiger charge is -2.10. The molecule has 0 aliphatic carbocycles. The number of para-hydroxylation sites is 1. The van der Waals surface area contributed by atoms with Crippen molar-refractivity contribution >= 4 is 28.6 Å². The maximum Gasteiger partial charge on any atom is 0.266 e. The van der Waals surface area contributed by atoms with Crippen LogP contribution < -0.4 is 10.1 Å². The fourth-order valence-electron chi connectivity index (χ4n) is 4.07.